The molecule has 1 unspecified atom stereocenters. The van der Waals surface area contributed by atoms with Crippen molar-refractivity contribution in [1.82, 2.24) is 15.3 Å². The second kappa shape index (κ2) is 11.0. The molecule has 3 aromatic rings. The highest BCUT2D eigenvalue weighted by Crippen LogP contribution is 2.51. The molecule has 39 heavy (non-hydrogen) atoms. The van der Waals surface area contributed by atoms with Gasteiger partial charge < -0.3 is 15.0 Å². The predicted molar refractivity (Wildman–Crippen MR) is 162 cm³/mol. The van der Waals surface area contributed by atoms with Crippen LogP contribution in [0, 0.1) is 25.2 Å². The van der Waals surface area contributed by atoms with Crippen molar-refractivity contribution in [3.05, 3.63) is 59.7 Å². The van der Waals surface area contributed by atoms with E-state index in [0.29, 0.717) is 35.8 Å². The molecule has 4 bridgehead atoms. The maximum atomic E-state index is 6.58. The summed E-state index contributed by atoms with van der Waals surface area (Å²) in [4.78, 5) is 13.6. The Kier molecular flexibility index (Phi) is 7.47. The van der Waals surface area contributed by atoms with E-state index in [1.807, 2.05) is 6.07 Å². The van der Waals surface area contributed by atoms with Crippen molar-refractivity contribution in [2.45, 2.75) is 76.8 Å². The lowest BCUT2D eigenvalue weighted by molar-refractivity contribution is 0.0515. The van der Waals surface area contributed by atoms with Crippen LogP contribution in [0.15, 0.2) is 53.4 Å². The fourth-order valence-corrected chi connectivity index (χ4v) is 7.54. The van der Waals surface area contributed by atoms with Gasteiger partial charge in [0.2, 0.25) is 11.8 Å². The topological polar surface area (TPSA) is 62.3 Å². The molecule has 2 N–H and O–H groups in total. The Bertz CT molecular complexity index is 1290. The molecule has 3 aliphatic rings. The molecule has 6 rings (SSSR count). The van der Waals surface area contributed by atoms with E-state index < -0.39 is 0 Å². The third-order valence-electron chi connectivity index (χ3n) is 8.77. The molecule has 2 fully saturated rings. The van der Waals surface area contributed by atoms with Gasteiger partial charge in [-0.3, -0.25) is 4.72 Å². The summed E-state index contributed by atoms with van der Waals surface area (Å²) in [6.07, 6.45) is 6.21. The van der Waals surface area contributed by atoms with Gasteiger partial charge in [-0.2, -0.15) is 4.98 Å². The van der Waals surface area contributed by atoms with Gasteiger partial charge in [-0.1, -0.05) is 38.1 Å². The lowest BCUT2D eigenvalue weighted by Gasteiger charge is -2.56. The molecule has 206 valence electrons. The fraction of sp³-hybridized carbons (Fsp3) is 0.500. The molecular formula is C32H41N5OS. The number of rotatable bonds is 4. The molecule has 1 saturated heterocycles. The van der Waals surface area contributed by atoms with Gasteiger partial charge in [-0.15, -0.1) is 0 Å². The zero-order valence-corrected chi connectivity index (χ0v) is 24.5. The van der Waals surface area contributed by atoms with Gasteiger partial charge in [0.15, 0.2) is 0 Å². The standard InChI is InChI=1S/C32H41N5OS/c1-21(2)15-25-20-38-29-17-28(30-22(3)7-5-8-23(30)4)34-31(35-29)36-39-27-10-6-9-24(16-27)37(25)26-18-32(19-26)11-13-33-14-12-32/h5-10,16-17,21,25-26,33H,11-15,18-20H2,1-4H3,(H,34,35,36). The number of aryl methyl sites for hydroxylation is 2. The number of fused-ring (bicyclic) bond motifs is 4. The van der Waals surface area contributed by atoms with Gasteiger partial charge in [0, 0.05) is 28.3 Å². The predicted octanol–water partition coefficient (Wildman–Crippen LogP) is 7.03. The Morgan fingerprint density at radius 1 is 1.03 bits per heavy atom. The van der Waals surface area contributed by atoms with Gasteiger partial charge in [-0.25, -0.2) is 4.98 Å². The summed E-state index contributed by atoms with van der Waals surface area (Å²) < 4.78 is 9.99. The number of ether oxygens (including phenoxy) is 1. The van der Waals surface area contributed by atoms with Crippen LogP contribution < -0.4 is 19.7 Å². The Hall–Kier alpha value is -2.77. The third kappa shape index (κ3) is 5.62. The number of hydrogen-bond donors (Lipinski definition) is 2. The Morgan fingerprint density at radius 2 is 1.77 bits per heavy atom. The SMILES string of the molecule is Cc1cccc(C)c1-c1cc2nc(n1)NSc1cccc(c1)N(C1CC3(CCNCC3)C1)C(CC(C)C)CO2. The van der Waals surface area contributed by atoms with Crippen LogP contribution in [0.5, 0.6) is 5.88 Å². The number of aromatic nitrogens is 2. The highest BCUT2D eigenvalue weighted by atomic mass is 32.2. The molecule has 2 aliphatic heterocycles. The molecule has 7 heteroatoms. The molecule has 3 heterocycles. The zero-order chi connectivity index (χ0) is 27.0. The summed E-state index contributed by atoms with van der Waals surface area (Å²) in [5.41, 5.74) is 6.26. The van der Waals surface area contributed by atoms with Gasteiger partial charge in [0.05, 0.1) is 11.7 Å². The molecule has 0 amide bonds. The number of nitrogens with one attached hydrogen (secondary N) is 2. The van der Waals surface area contributed by atoms with Crippen LogP contribution in [0.1, 0.15) is 57.1 Å². The highest BCUT2D eigenvalue weighted by Gasteiger charge is 2.48. The molecule has 0 radical (unpaired) electrons. The Labute approximate surface area is 237 Å². The van der Waals surface area contributed by atoms with Crippen LogP contribution in [0.2, 0.25) is 0 Å². The minimum Gasteiger partial charge on any atom is -0.475 e. The van der Waals surface area contributed by atoms with Crippen LogP contribution in [0.25, 0.3) is 11.3 Å². The summed E-state index contributed by atoms with van der Waals surface area (Å²) in [6.45, 7) is 11.8. The number of benzene rings is 2. The molecule has 1 spiro atoms. The molecule has 1 atom stereocenters. The molecule has 2 aromatic carbocycles. The Morgan fingerprint density at radius 3 is 2.51 bits per heavy atom. The summed E-state index contributed by atoms with van der Waals surface area (Å²) in [5.74, 6) is 1.77. The van der Waals surface area contributed by atoms with E-state index in [9.17, 15) is 0 Å². The smallest absolute Gasteiger partial charge is 0.237 e. The first-order valence-corrected chi connectivity index (χ1v) is 15.3. The summed E-state index contributed by atoms with van der Waals surface area (Å²) in [6, 6.07) is 18.2. The molecular weight excluding hydrogens is 502 g/mol. The summed E-state index contributed by atoms with van der Waals surface area (Å²) in [7, 11) is 0. The first kappa shape index (κ1) is 26.5. The quantitative estimate of drug-likeness (QED) is 0.343. The van der Waals surface area contributed by atoms with Gasteiger partial charge in [-0.05, 0) is 112 Å². The second-order valence-electron chi connectivity index (χ2n) is 12.2. The van der Waals surface area contributed by atoms with Crippen molar-refractivity contribution < 1.29 is 4.74 Å². The van der Waals surface area contributed by atoms with Crippen molar-refractivity contribution in [2.75, 3.05) is 29.3 Å². The first-order chi connectivity index (χ1) is 18.9. The average Bonchev–Trinajstić information content (AvgIpc) is 2.90. The van der Waals surface area contributed by atoms with E-state index in [1.54, 1.807) is 11.9 Å². The van der Waals surface area contributed by atoms with Crippen molar-refractivity contribution >= 4 is 23.6 Å². The minimum absolute atomic E-state index is 0.267. The van der Waals surface area contributed by atoms with E-state index in [2.05, 4.69) is 85.1 Å². The number of nitrogens with zero attached hydrogens (tertiary/aromatic N) is 3. The third-order valence-corrected chi connectivity index (χ3v) is 9.55. The van der Waals surface area contributed by atoms with Gasteiger partial charge >= 0.3 is 0 Å². The highest BCUT2D eigenvalue weighted by molar-refractivity contribution is 8.00. The molecule has 6 nitrogen and oxygen atoms in total. The van der Waals surface area contributed by atoms with Gasteiger partial charge in [0.25, 0.3) is 0 Å². The number of piperidine rings is 1. The van der Waals surface area contributed by atoms with E-state index >= 15 is 0 Å². The van der Waals surface area contributed by atoms with Crippen LogP contribution >= 0.6 is 11.9 Å². The molecule has 1 saturated carbocycles. The Balaban J connectivity index is 1.37. The van der Waals surface area contributed by atoms with Crippen LogP contribution in [-0.2, 0) is 0 Å². The van der Waals surface area contributed by atoms with E-state index in [1.165, 1.54) is 47.4 Å². The molecule has 1 aliphatic carbocycles. The van der Waals surface area contributed by atoms with Crippen molar-refractivity contribution in [3.63, 3.8) is 0 Å². The minimum atomic E-state index is 0.267. The van der Waals surface area contributed by atoms with Gasteiger partial charge in [0.1, 0.15) is 6.61 Å². The lowest BCUT2D eigenvalue weighted by atomic mass is 9.60. The largest absolute Gasteiger partial charge is 0.475 e. The average molecular weight is 544 g/mol. The van der Waals surface area contributed by atoms with E-state index in [0.717, 1.165) is 30.8 Å². The normalized spacial score (nSPS) is 20.9. The zero-order valence-electron chi connectivity index (χ0n) is 23.7. The van der Waals surface area contributed by atoms with E-state index in [4.69, 9.17) is 14.7 Å². The summed E-state index contributed by atoms with van der Waals surface area (Å²) >= 11 is 1.57. The second-order valence-corrected chi connectivity index (χ2v) is 13.1. The van der Waals surface area contributed by atoms with Crippen LogP contribution in [0.4, 0.5) is 11.6 Å². The van der Waals surface area contributed by atoms with Crippen molar-refractivity contribution in [2.24, 2.45) is 11.3 Å². The first-order valence-electron chi connectivity index (χ1n) is 14.5. The monoisotopic (exact) mass is 543 g/mol. The van der Waals surface area contributed by atoms with Crippen molar-refractivity contribution in [3.8, 4) is 17.1 Å². The van der Waals surface area contributed by atoms with E-state index in [-0.39, 0.29) is 6.04 Å². The fourth-order valence-electron chi connectivity index (χ4n) is 6.91. The maximum Gasteiger partial charge on any atom is 0.237 e. The number of hydrogen-bond acceptors (Lipinski definition) is 7. The maximum absolute atomic E-state index is 6.58. The number of anilines is 2. The molecule has 1 aromatic heterocycles. The lowest BCUT2D eigenvalue weighted by Crippen LogP contribution is -2.58. The summed E-state index contributed by atoms with van der Waals surface area (Å²) in [5, 5.41) is 3.56. The van der Waals surface area contributed by atoms with Crippen molar-refractivity contribution in [1.29, 1.82) is 0 Å². The van der Waals surface area contributed by atoms with Crippen LogP contribution in [0.3, 0.4) is 0 Å². The van der Waals surface area contributed by atoms with Crippen LogP contribution in [-0.4, -0.2) is 41.7 Å².